The monoisotopic (exact) mass is 430 g/mol. The third-order valence-corrected chi connectivity index (χ3v) is 4.38. The Hall–Kier alpha value is -2.93. The number of halogens is 2. The van der Waals surface area contributed by atoms with Crippen LogP contribution in [0.4, 0.5) is 9.18 Å². The molecule has 1 aliphatic rings. The van der Waals surface area contributed by atoms with Crippen molar-refractivity contribution in [3.8, 4) is 5.75 Å². The fourth-order valence-electron chi connectivity index (χ4n) is 2.56. The first-order chi connectivity index (χ1) is 13.0. The van der Waals surface area contributed by atoms with Gasteiger partial charge in [0, 0.05) is 22.1 Å². The van der Waals surface area contributed by atoms with E-state index in [0.29, 0.717) is 16.9 Å². The Morgan fingerprint density at radius 3 is 2.74 bits per heavy atom. The molecule has 0 unspecified atom stereocenters. The molecule has 0 spiro atoms. The number of nitrogens with one attached hydrogen (secondary N) is 1. The van der Waals surface area contributed by atoms with Crippen LogP contribution in [0, 0.1) is 5.82 Å². The van der Waals surface area contributed by atoms with Crippen LogP contribution < -0.4 is 10.1 Å². The molecule has 2 aromatic rings. The molecular weight excluding hydrogens is 415 g/mol. The summed E-state index contributed by atoms with van der Waals surface area (Å²) < 4.78 is 20.3. The van der Waals surface area contributed by atoms with Gasteiger partial charge in [0.15, 0.2) is 0 Å². The van der Waals surface area contributed by atoms with Crippen LogP contribution >= 0.6 is 15.9 Å². The molecule has 5 nitrogen and oxygen atoms in total. The number of hydrogen-bond acceptors (Lipinski definition) is 3. The number of nitrogens with zero attached hydrogens (tertiary/aromatic N) is 1. The number of urea groups is 1. The Bertz CT molecular complexity index is 943. The predicted molar refractivity (Wildman–Crippen MR) is 103 cm³/mol. The van der Waals surface area contributed by atoms with Crippen molar-refractivity contribution in [3.05, 3.63) is 82.2 Å². The van der Waals surface area contributed by atoms with Gasteiger partial charge in [-0.2, -0.15) is 0 Å². The first-order valence-electron chi connectivity index (χ1n) is 8.11. The van der Waals surface area contributed by atoms with E-state index in [1.165, 1.54) is 18.2 Å². The number of rotatable bonds is 6. The van der Waals surface area contributed by atoms with Gasteiger partial charge in [-0.1, -0.05) is 40.2 Å². The number of amides is 3. The van der Waals surface area contributed by atoms with Crippen LogP contribution in [0.1, 0.15) is 11.1 Å². The fraction of sp³-hybridized carbons (Fsp3) is 0.100. The van der Waals surface area contributed by atoms with Gasteiger partial charge >= 0.3 is 6.03 Å². The second-order valence-electron chi connectivity index (χ2n) is 5.75. The Balaban J connectivity index is 1.86. The van der Waals surface area contributed by atoms with Crippen LogP contribution in [0.15, 0.2) is 65.3 Å². The summed E-state index contributed by atoms with van der Waals surface area (Å²) in [6, 6.07) is 11.1. The molecule has 0 aliphatic carbocycles. The lowest BCUT2D eigenvalue weighted by molar-refractivity contribution is -0.122. The fourth-order valence-corrected chi connectivity index (χ4v) is 2.94. The number of carbonyl (C=O) groups is 2. The quantitative estimate of drug-likeness (QED) is 0.423. The number of benzene rings is 2. The minimum absolute atomic E-state index is 0.0351. The van der Waals surface area contributed by atoms with Gasteiger partial charge in [-0.25, -0.2) is 9.18 Å². The second kappa shape index (κ2) is 8.18. The van der Waals surface area contributed by atoms with E-state index in [1.807, 2.05) is 0 Å². The van der Waals surface area contributed by atoms with Gasteiger partial charge in [-0.15, -0.1) is 6.58 Å². The Morgan fingerprint density at radius 1 is 1.22 bits per heavy atom. The van der Waals surface area contributed by atoms with Crippen molar-refractivity contribution < 1.29 is 18.7 Å². The molecule has 0 radical (unpaired) electrons. The summed E-state index contributed by atoms with van der Waals surface area (Å²) in [7, 11) is 0. The molecule has 3 rings (SSSR count). The lowest BCUT2D eigenvalue weighted by atomic mass is 10.1. The van der Waals surface area contributed by atoms with Gasteiger partial charge in [0.2, 0.25) is 0 Å². The standard InChI is InChI=1S/C20H16BrFN2O3/c1-2-9-24-19(25)17(23-20(24)26)11-14-10-15(21)7-8-18(14)27-12-13-5-3-4-6-16(13)22/h2-8,10-11H,1,9,12H2,(H,23,26)/b17-11+. The molecule has 1 N–H and O–H groups in total. The molecule has 0 bridgehead atoms. The Labute approximate surface area is 164 Å². The minimum atomic E-state index is -0.505. The summed E-state index contributed by atoms with van der Waals surface area (Å²) >= 11 is 3.38. The molecule has 1 saturated heterocycles. The largest absolute Gasteiger partial charge is 0.488 e. The molecule has 0 atom stereocenters. The van der Waals surface area contributed by atoms with Crippen LogP contribution in [0.25, 0.3) is 6.08 Å². The number of hydrogen-bond donors (Lipinski definition) is 1. The summed E-state index contributed by atoms with van der Waals surface area (Å²) in [6.07, 6.45) is 3.01. The highest BCUT2D eigenvalue weighted by Crippen LogP contribution is 2.27. The van der Waals surface area contributed by atoms with Gasteiger partial charge in [0.25, 0.3) is 5.91 Å². The van der Waals surface area contributed by atoms with Crippen LogP contribution in [0.3, 0.4) is 0 Å². The van der Waals surface area contributed by atoms with E-state index in [2.05, 4.69) is 27.8 Å². The third kappa shape index (κ3) is 4.25. The first kappa shape index (κ1) is 18.8. The molecule has 1 heterocycles. The molecule has 3 amide bonds. The molecule has 1 aliphatic heterocycles. The smallest absolute Gasteiger partial charge is 0.329 e. The van der Waals surface area contributed by atoms with E-state index in [-0.39, 0.29) is 24.7 Å². The number of ether oxygens (including phenoxy) is 1. The van der Waals surface area contributed by atoms with E-state index in [4.69, 9.17) is 4.74 Å². The third-order valence-electron chi connectivity index (χ3n) is 3.89. The van der Waals surface area contributed by atoms with Crippen molar-refractivity contribution in [1.29, 1.82) is 0 Å². The summed E-state index contributed by atoms with van der Waals surface area (Å²) in [5.41, 5.74) is 1.13. The average Bonchev–Trinajstić information content (AvgIpc) is 2.90. The van der Waals surface area contributed by atoms with Crippen LogP contribution in [-0.2, 0) is 11.4 Å². The molecule has 0 aromatic heterocycles. The van der Waals surface area contributed by atoms with Crippen LogP contribution in [0.2, 0.25) is 0 Å². The summed E-state index contributed by atoms with van der Waals surface area (Å²) in [5.74, 6) is -0.342. The molecule has 27 heavy (non-hydrogen) atoms. The molecule has 7 heteroatoms. The maximum absolute atomic E-state index is 13.8. The molecule has 2 aromatic carbocycles. The van der Waals surface area contributed by atoms with E-state index >= 15 is 0 Å². The lowest BCUT2D eigenvalue weighted by Crippen LogP contribution is -2.30. The van der Waals surface area contributed by atoms with Crippen molar-refractivity contribution in [3.63, 3.8) is 0 Å². The average molecular weight is 431 g/mol. The number of imide groups is 1. The van der Waals surface area contributed by atoms with Gasteiger partial charge in [-0.3, -0.25) is 9.69 Å². The zero-order valence-electron chi connectivity index (χ0n) is 14.2. The molecule has 0 saturated carbocycles. The maximum Gasteiger partial charge on any atom is 0.329 e. The summed E-state index contributed by atoms with van der Waals surface area (Å²) in [5, 5.41) is 2.54. The van der Waals surface area contributed by atoms with Crippen molar-refractivity contribution in [2.45, 2.75) is 6.61 Å². The molecular formula is C20H16BrFN2O3. The Kier molecular flexibility index (Phi) is 5.71. The highest BCUT2D eigenvalue weighted by Gasteiger charge is 2.32. The summed E-state index contributed by atoms with van der Waals surface area (Å²) in [6.45, 7) is 3.70. The van der Waals surface area contributed by atoms with E-state index < -0.39 is 11.9 Å². The lowest BCUT2D eigenvalue weighted by Gasteiger charge is -2.11. The van der Waals surface area contributed by atoms with Gasteiger partial charge in [0.05, 0.1) is 0 Å². The van der Waals surface area contributed by atoms with E-state index in [9.17, 15) is 14.0 Å². The SMILES string of the molecule is C=CCN1C(=O)N/C(=C/c2cc(Br)ccc2OCc2ccccc2F)C1=O. The van der Waals surface area contributed by atoms with Gasteiger partial charge < -0.3 is 10.1 Å². The molecule has 138 valence electrons. The zero-order valence-corrected chi connectivity index (χ0v) is 15.8. The van der Waals surface area contributed by atoms with E-state index in [0.717, 1.165) is 9.37 Å². The van der Waals surface area contributed by atoms with E-state index in [1.54, 1.807) is 36.4 Å². The second-order valence-corrected chi connectivity index (χ2v) is 6.67. The zero-order chi connectivity index (χ0) is 19.4. The topological polar surface area (TPSA) is 58.6 Å². The predicted octanol–water partition coefficient (Wildman–Crippen LogP) is 4.25. The highest BCUT2D eigenvalue weighted by molar-refractivity contribution is 9.10. The molecule has 1 fully saturated rings. The van der Waals surface area contributed by atoms with Crippen molar-refractivity contribution >= 4 is 33.9 Å². The normalized spacial score (nSPS) is 15.2. The maximum atomic E-state index is 13.8. The first-order valence-corrected chi connectivity index (χ1v) is 8.90. The van der Waals surface area contributed by atoms with Crippen LogP contribution in [-0.4, -0.2) is 23.4 Å². The van der Waals surface area contributed by atoms with Crippen molar-refractivity contribution in [2.24, 2.45) is 0 Å². The van der Waals surface area contributed by atoms with Gasteiger partial charge in [0.1, 0.15) is 23.9 Å². The number of carbonyl (C=O) groups excluding carboxylic acids is 2. The van der Waals surface area contributed by atoms with Crippen molar-refractivity contribution in [2.75, 3.05) is 6.54 Å². The van der Waals surface area contributed by atoms with Gasteiger partial charge in [-0.05, 0) is 30.3 Å². The Morgan fingerprint density at radius 2 is 2.00 bits per heavy atom. The highest BCUT2D eigenvalue weighted by atomic mass is 79.9. The van der Waals surface area contributed by atoms with Crippen molar-refractivity contribution in [1.82, 2.24) is 10.2 Å². The minimum Gasteiger partial charge on any atom is -0.488 e. The summed E-state index contributed by atoms with van der Waals surface area (Å²) in [4.78, 5) is 25.3. The van der Waals surface area contributed by atoms with Crippen LogP contribution in [0.5, 0.6) is 5.75 Å².